The van der Waals surface area contributed by atoms with E-state index in [-0.39, 0.29) is 22.7 Å². The Balaban J connectivity index is 2.76. The molecule has 0 atom stereocenters. The van der Waals surface area contributed by atoms with Crippen molar-refractivity contribution in [1.82, 2.24) is 4.90 Å². The van der Waals surface area contributed by atoms with Crippen LogP contribution in [0.4, 0.5) is 0 Å². The minimum atomic E-state index is 0.0754. The van der Waals surface area contributed by atoms with Crippen LogP contribution in [0, 0.1) is 34.0 Å². The number of rotatable bonds is 5. The summed E-state index contributed by atoms with van der Waals surface area (Å²) in [4.78, 5) is 14.5. The van der Waals surface area contributed by atoms with Crippen molar-refractivity contribution < 1.29 is 4.79 Å². The van der Waals surface area contributed by atoms with E-state index in [9.17, 15) is 4.79 Å². The van der Waals surface area contributed by atoms with Crippen LogP contribution in [0.3, 0.4) is 0 Å². The van der Waals surface area contributed by atoms with Gasteiger partial charge in [-0.3, -0.25) is 4.79 Å². The van der Waals surface area contributed by atoms with Gasteiger partial charge in [-0.25, -0.2) is 0 Å². The Morgan fingerprint density at radius 2 is 1.78 bits per heavy atom. The molecule has 1 fully saturated rings. The smallest absolute Gasteiger partial charge is 0.226 e. The van der Waals surface area contributed by atoms with Crippen molar-refractivity contribution in [2.45, 2.75) is 48.0 Å². The standard InChI is InChI=1S/C15H26N2O/c1-11(2)10-17(9-7-8-16)13(18)12-14(3,4)15(12,5)6/h11-12H,7,9-10H2,1-6H3. The van der Waals surface area contributed by atoms with E-state index in [4.69, 9.17) is 5.26 Å². The molecule has 0 unspecified atom stereocenters. The molecule has 0 spiro atoms. The van der Waals surface area contributed by atoms with Crippen LogP contribution < -0.4 is 0 Å². The largest absolute Gasteiger partial charge is 0.341 e. The predicted octanol–water partition coefficient (Wildman–Crippen LogP) is 3.07. The fourth-order valence-corrected chi connectivity index (χ4v) is 2.91. The summed E-state index contributed by atoms with van der Waals surface area (Å²) >= 11 is 0. The van der Waals surface area contributed by atoms with Crippen LogP contribution in [-0.4, -0.2) is 23.9 Å². The van der Waals surface area contributed by atoms with Crippen molar-refractivity contribution in [3.05, 3.63) is 0 Å². The summed E-state index contributed by atoms with van der Waals surface area (Å²) in [5, 5.41) is 8.70. The van der Waals surface area contributed by atoms with Crippen molar-refractivity contribution >= 4 is 5.91 Å². The van der Waals surface area contributed by atoms with Crippen molar-refractivity contribution in [1.29, 1.82) is 5.26 Å². The van der Waals surface area contributed by atoms with Crippen LogP contribution in [0.15, 0.2) is 0 Å². The van der Waals surface area contributed by atoms with E-state index >= 15 is 0 Å². The normalized spacial score (nSPS) is 20.6. The van der Waals surface area contributed by atoms with Gasteiger partial charge >= 0.3 is 0 Å². The van der Waals surface area contributed by atoms with Crippen LogP contribution in [0.5, 0.6) is 0 Å². The van der Waals surface area contributed by atoms with Gasteiger partial charge in [-0.05, 0) is 16.7 Å². The zero-order valence-corrected chi connectivity index (χ0v) is 12.6. The molecule has 102 valence electrons. The molecule has 0 heterocycles. The number of hydrogen-bond donors (Lipinski definition) is 0. The summed E-state index contributed by atoms with van der Waals surface area (Å²) in [5.74, 6) is 0.772. The predicted molar refractivity (Wildman–Crippen MR) is 72.7 cm³/mol. The molecule has 0 aromatic heterocycles. The highest BCUT2D eigenvalue weighted by Crippen LogP contribution is 2.68. The molecule has 1 amide bonds. The van der Waals surface area contributed by atoms with E-state index < -0.39 is 0 Å². The molecule has 18 heavy (non-hydrogen) atoms. The Labute approximate surface area is 111 Å². The Bertz CT molecular complexity index is 349. The summed E-state index contributed by atoms with van der Waals surface area (Å²) in [5.41, 5.74) is 0.151. The van der Waals surface area contributed by atoms with E-state index in [2.05, 4.69) is 47.6 Å². The second kappa shape index (κ2) is 4.91. The average Bonchev–Trinajstić information content (AvgIpc) is 2.63. The third kappa shape index (κ3) is 2.53. The number of hydrogen-bond acceptors (Lipinski definition) is 2. The van der Waals surface area contributed by atoms with Crippen molar-refractivity contribution in [3.8, 4) is 6.07 Å². The molecule has 3 heteroatoms. The first-order chi connectivity index (χ1) is 8.16. The second-order valence-electron chi connectivity index (χ2n) is 6.96. The van der Waals surface area contributed by atoms with Crippen LogP contribution in [0.1, 0.15) is 48.0 Å². The SMILES string of the molecule is CC(C)CN(CCC#N)C(=O)C1C(C)(C)C1(C)C. The summed E-state index contributed by atoms with van der Waals surface area (Å²) < 4.78 is 0. The molecule has 1 aliphatic carbocycles. The molecule has 0 bridgehead atoms. The van der Waals surface area contributed by atoms with Gasteiger partial charge in [0.25, 0.3) is 0 Å². The van der Waals surface area contributed by atoms with E-state index in [0.717, 1.165) is 6.54 Å². The molecule has 1 saturated carbocycles. The van der Waals surface area contributed by atoms with E-state index in [1.54, 1.807) is 0 Å². The van der Waals surface area contributed by atoms with Crippen molar-refractivity contribution in [2.24, 2.45) is 22.7 Å². The monoisotopic (exact) mass is 250 g/mol. The number of amides is 1. The molecule has 0 radical (unpaired) electrons. The first kappa shape index (κ1) is 15.0. The topological polar surface area (TPSA) is 44.1 Å². The van der Waals surface area contributed by atoms with Crippen LogP contribution in [0.25, 0.3) is 0 Å². The van der Waals surface area contributed by atoms with E-state index in [1.165, 1.54) is 0 Å². The molecule has 0 N–H and O–H groups in total. The Morgan fingerprint density at radius 1 is 1.28 bits per heavy atom. The summed E-state index contributed by atoms with van der Waals surface area (Å²) in [7, 11) is 0. The van der Waals surface area contributed by atoms with Gasteiger partial charge < -0.3 is 4.90 Å². The van der Waals surface area contributed by atoms with Gasteiger partial charge in [0.1, 0.15) is 0 Å². The molecule has 0 aliphatic heterocycles. The quantitative estimate of drug-likeness (QED) is 0.752. The maximum Gasteiger partial charge on any atom is 0.226 e. The molecule has 1 aliphatic rings. The molecular weight excluding hydrogens is 224 g/mol. The maximum atomic E-state index is 12.6. The summed E-state index contributed by atoms with van der Waals surface area (Å²) in [6.45, 7) is 14.2. The lowest BCUT2D eigenvalue weighted by molar-refractivity contribution is -0.134. The van der Waals surface area contributed by atoms with Crippen LogP contribution in [-0.2, 0) is 4.79 Å². The molecule has 0 aromatic carbocycles. The first-order valence-electron chi connectivity index (χ1n) is 6.82. The number of carbonyl (C=O) groups excluding carboxylic acids is 1. The molecular formula is C15H26N2O. The van der Waals surface area contributed by atoms with Crippen molar-refractivity contribution in [3.63, 3.8) is 0 Å². The van der Waals surface area contributed by atoms with Gasteiger partial charge in [-0.15, -0.1) is 0 Å². The third-order valence-corrected chi connectivity index (χ3v) is 4.66. The second-order valence-corrected chi connectivity index (χ2v) is 6.96. The summed E-state index contributed by atoms with van der Waals surface area (Å²) in [6.07, 6.45) is 0.423. The fraction of sp³-hybridized carbons (Fsp3) is 0.867. The third-order valence-electron chi connectivity index (χ3n) is 4.66. The highest BCUT2D eigenvalue weighted by atomic mass is 16.2. The Kier molecular flexibility index (Phi) is 4.10. The number of carbonyl (C=O) groups is 1. The zero-order chi connectivity index (χ0) is 14.1. The van der Waals surface area contributed by atoms with Gasteiger partial charge in [0.05, 0.1) is 12.5 Å². The molecule has 0 aromatic rings. The average molecular weight is 250 g/mol. The highest BCUT2D eigenvalue weighted by molar-refractivity contribution is 5.84. The van der Waals surface area contributed by atoms with Gasteiger partial charge in [0.2, 0.25) is 5.91 Å². The van der Waals surface area contributed by atoms with Gasteiger partial charge in [0.15, 0.2) is 0 Å². The van der Waals surface area contributed by atoms with Crippen LogP contribution in [0.2, 0.25) is 0 Å². The molecule has 0 saturated heterocycles. The molecule has 3 nitrogen and oxygen atoms in total. The first-order valence-corrected chi connectivity index (χ1v) is 6.82. The fourth-order valence-electron chi connectivity index (χ4n) is 2.91. The number of nitriles is 1. The van der Waals surface area contributed by atoms with Gasteiger partial charge in [0, 0.05) is 19.0 Å². The van der Waals surface area contributed by atoms with Crippen LogP contribution >= 0.6 is 0 Å². The lowest BCUT2D eigenvalue weighted by atomic mass is 10.0. The summed E-state index contributed by atoms with van der Waals surface area (Å²) in [6, 6.07) is 2.13. The lowest BCUT2D eigenvalue weighted by Gasteiger charge is -2.24. The van der Waals surface area contributed by atoms with Gasteiger partial charge in [-0.1, -0.05) is 41.5 Å². The minimum Gasteiger partial charge on any atom is -0.341 e. The van der Waals surface area contributed by atoms with Gasteiger partial charge in [-0.2, -0.15) is 5.26 Å². The Morgan fingerprint density at radius 3 is 2.11 bits per heavy atom. The van der Waals surface area contributed by atoms with E-state index in [0.29, 0.717) is 18.9 Å². The maximum absolute atomic E-state index is 12.6. The van der Waals surface area contributed by atoms with E-state index in [1.807, 2.05) is 4.90 Å². The lowest BCUT2D eigenvalue weighted by Crippen LogP contribution is -2.37. The Hall–Kier alpha value is -1.04. The molecule has 1 rings (SSSR count). The minimum absolute atomic E-state index is 0.0754. The number of nitrogens with zero attached hydrogens (tertiary/aromatic N) is 2. The highest BCUT2D eigenvalue weighted by Gasteiger charge is 2.68. The zero-order valence-electron chi connectivity index (χ0n) is 12.6. The van der Waals surface area contributed by atoms with Crippen molar-refractivity contribution in [2.75, 3.05) is 13.1 Å².